The highest BCUT2D eigenvalue weighted by Gasteiger charge is 2.41. The maximum absolute atomic E-state index is 12.6. The monoisotopic (exact) mass is 278 g/mol. The number of alkyl halides is 3. The zero-order chi connectivity index (χ0) is 13.8. The highest BCUT2D eigenvalue weighted by atomic mass is 32.2. The van der Waals surface area contributed by atoms with E-state index >= 15 is 0 Å². The molecule has 1 rings (SSSR count). The van der Waals surface area contributed by atoms with Crippen LogP contribution >= 0.6 is 11.8 Å². The minimum atomic E-state index is -4.49. The Bertz CT molecular complexity index is 418. The topological polar surface area (TPSA) is 37.3 Å². The summed E-state index contributed by atoms with van der Waals surface area (Å²) < 4.78 is 37.8. The van der Waals surface area contributed by atoms with Crippen LogP contribution in [0.3, 0.4) is 0 Å². The minimum Gasteiger partial charge on any atom is -0.481 e. The first-order chi connectivity index (χ1) is 8.30. The van der Waals surface area contributed by atoms with Gasteiger partial charge in [-0.3, -0.25) is 4.79 Å². The Hall–Kier alpha value is -1.17. The quantitative estimate of drug-likeness (QED) is 0.893. The lowest BCUT2D eigenvalue weighted by Gasteiger charge is -2.18. The van der Waals surface area contributed by atoms with Crippen LogP contribution in [0.4, 0.5) is 13.2 Å². The van der Waals surface area contributed by atoms with E-state index < -0.39 is 23.8 Å². The summed E-state index contributed by atoms with van der Waals surface area (Å²) in [7, 11) is 0. The summed E-state index contributed by atoms with van der Waals surface area (Å²) in [6.45, 7) is 1.82. The number of halogens is 3. The Labute approximate surface area is 107 Å². The molecule has 18 heavy (non-hydrogen) atoms. The van der Waals surface area contributed by atoms with Crippen molar-refractivity contribution in [1.29, 1.82) is 0 Å². The standard InChI is InChI=1S/C12H13F3O2S/c1-8-4-2-3-5-9(8)7-18-10(6-11(16)17)12(13,14)15/h2-5,10H,6-7H2,1H3,(H,16,17). The average molecular weight is 278 g/mol. The third kappa shape index (κ3) is 4.60. The fraction of sp³-hybridized carbons (Fsp3) is 0.417. The molecule has 0 bridgehead atoms. The number of rotatable bonds is 5. The second kappa shape index (κ2) is 6.13. The van der Waals surface area contributed by atoms with E-state index in [2.05, 4.69) is 0 Å². The minimum absolute atomic E-state index is 0.157. The number of carboxylic acids is 1. The molecule has 0 heterocycles. The molecule has 0 saturated heterocycles. The van der Waals surface area contributed by atoms with Gasteiger partial charge in [-0.05, 0) is 18.1 Å². The van der Waals surface area contributed by atoms with E-state index in [1.807, 2.05) is 19.1 Å². The molecular weight excluding hydrogens is 265 g/mol. The second-order valence-corrected chi connectivity index (χ2v) is 5.06. The van der Waals surface area contributed by atoms with E-state index in [-0.39, 0.29) is 5.75 Å². The van der Waals surface area contributed by atoms with Crippen molar-refractivity contribution in [1.82, 2.24) is 0 Å². The molecule has 0 aliphatic heterocycles. The lowest BCUT2D eigenvalue weighted by Crippen LogP contribution is -2.28. The molecule has 0 aliphatic carbocycles. The van der Waals surface area contributed by atoms with Crippen LogP contribution in [0.1, 0.15) is 17.5 Å². The molecular formula is C12H13F3O2S. The predicted molar refractivity (Wildman–Crippen MR) is 64.6 cm³/mol. The van der Waals surface area contributed by atoms with E-state index in [1.54, 1.807) is 12.1 Å². The Morgan fingerprint density at radius 1 is 1.39 bits per heavy atom. The summed E-state index contributed by atoms with van der Waals surface area (Å²) in [6, 6.07) is 7.12. The van der Waals surface area contributed by atoms with Crippen LogP contribution in [0.15, 0.2) is 24.3 Å². The molecule has 2 nitrogen and oxygen atoms in total. The molecule has 100 valence electrons. The highest BCUT2D eigenvalue weighted by molar-refractivity contribution is 7.99. The summed E-state index contributed by atoms with van der Waals surface area (Å²) in [4.78, 5) is 10.4. The molecule has 1 aromatic carbocycles. The third-order valence-electron chi connectivity index (χ3n) is 2.43. The number of hydrogen-bond acceptors (Lipinski definition) is 2. The van der Waals surface area contributed by atoms with Gasteiger partial charge in [-0.15, -0.1) is 11.8 Å². The first-order valence-electron chi connectivity index (χ1n) is 5.25. The van der Waals surface area contributed by atoms with Crippen molar-refractivity contribution in [3.8, 4) is 0 Å². The lowest BCUT2D eigenvalue weighted by molar-refractivity contribution is -0.149. The summed E-state index contributed by atoms with van der Waals surface area (Å²) >= 11 is 0.618. The lowest BCUT2D eigenvalue weighted by atomic mass is 10.1. The number of carboxylic acid groups (broad SMARTS) is 1. The number of carbonyl (C=O) groups is 1. The summed E-state index contributed by atoms with van der Waals surface area (Å²) in [5, 5.41) is 6.62. The van der Waals surface area contributed by atoms with E-state index in [1.165, 1.54) is 0 Å². The van der Waals surface area contributed by atoms with Crippen LogP contribution in [-0.4, -0.2) is 22.5 Å². The van der Waals surface area contributed by atoms with E-state index in [0.717, 1.165) is 11.1 Å². The highest BCUT2D eigenvalue weighted by Crippen LogP contribution is 2.35. The van der Waals surface area contributed by atoms with Crippen LogP contribution in [0.5, 0.6) is 0 Å². The van der Waals surface area contributed by atoms with Gasteiger partial charge in [0.2, 0.25) is 0 Å². The predicted octanol–water partition coefficient (Wildman–Crippen LogP) is 3.63. The van der Waals surface area contributed by atoms with Gasteiger partial charge in [0.1, 0.15) is 5.25 Å². The molecule has 0 fully saturated rings. The van der Waals surface area contributed by atoms with Crippen molar-refractivity contribution in [2.24, 2.45) is 0 Å². The maximum atomic E-state index is 12.6. The van der Waals surface area contributed by atoms with Gasteiger partial charge in [-0.25, -0.2) is 0 Å². The molecule has 0 spiro atoms. The van der Waals surface area contributed by atoms with Gasteiger partial charge in [0, 0.05) is 5.75 Å². The Morgan fingerprint density at radius 3 is 2.50 bits per heavy atom. The Kier molecular flexibility index (Phi) is 5.07. The molecule has 0 aliphatic rings. The van der Waals surface area contributed by atoms with Crippen molar-refractivity contribution < 1.29 is 23.1 Å². The van der Waals surface area contributed by atoms with E-state index in [4.69, 9.17) is 5.11 Å². The van der Waals surface area contributed by atoms with E-state index in [9.17, 15) is 18.0 Å². The average Bonchev–Trinajstić information content (AvgIpc) is 2.24. The molecule has 6 heteroatoms. The Morgan fingerprint density at radius 2 is 2.00 bits per heavy atom. The fourth-order valence-electron chi connectivity index (χ4n) is 1.39. The maximum Gasteiger partial charge on any atom is 0.401 e. The molecule has 0 saturated carbocycles. The first kappa shape index (κ1) is 14.9. The summed E-state index contributed by atoms with van der Waals surface area (Å²) in [5.74, 6) is -1.28. The largest absolute Gasteiger partial charge is 0.481 e. The SMILES string of the molecule is Cc1ccccc1CSC(CC(=O)O)C(F)(F)F. The normalized spacial score (nSPS) is 13.3. The number of hydrogen-bond donors (Lipinski definition) is 1. The smallest absolute Gasteiger partial charge is 0.401 e. The van der Waals surface area contributed by atoms with Crippen molar-refractivity contribution in [2.45, 2.75) is 30.5 Å². The van der Waals surface area contributed by atoms with Crippen molar-refractivity contribution in [2.75, 3.05) is 0 Å². The van der Waals surface area contributed by atoms with Crippen LogP contribution < -0.4 is 0 Å². The molecule has 0 radical (unpaired) electrons. The van der Waals surface area contributed by atoms with Crippen LogP contribution in [-0.2, 0) is 10.5 Å². The van der Waals surface area contributed by atoms with Gasteiger partial charge in [-0.2, -0.15) is 13.2 Å². The van der Waals surface area contributed by atoms with Gasteiger partial charge in [0.05, 0.1) is 6.42 Å². The van der Waals surface area contributed by atoms with Crippen molar-refractivity contribution in [3.05, 3.63) is 35.4 Å². The summed E-state index contributed by atoms with van der Waals surface area (Å²) in [6.07, 6.45) is -5.40. The van der Waals surface area contributed by atoms with Crippen molar-refractivity contribution in [3.63, 3.8) is 0 Å². The second-order valence-electron chi connectivity index (χ2n) is 3.87. The number of benzene rings is 1. The third-order valence-corrected chi connectivity index (χ3v) is 3.74. The zero-order valence-corrected chi connectivity index (χ0v) is 10.5. The van der Waals surface area contributed by atoms with Gasteiger partial charge in [0.15, 0.2) is 0 Å². The number of thioether (sulfide) groups is 1. The van der Waals surface area contributed by atoms with Crippen LogP contribution in [0, 0.1) is 6.92 Å². The Balaban J connectivity index is 2.68. The van der Waals surface area contributed by atoms with Crippen molar-refractivity contribution >= 4 is 17.7 Å². The molecule has 1 atom stereocenters. The summed E-state index contributed by atoms with van der Waals surface area (Å²) in [5.41, 5.74) is 1.70. The molecule has 1 unspecified atom stereocenters. The molecule has 1 aromatic rings. The number of aryl methyl sites for hydroxylation is 1. The van der Waals surface area contributed by atoms with Crippen LogP contribution in [0.2, 0.25) is 0 Å². The first-order valence-corrected chi connectivity index (χ1v) is 6.30. The van der Waals surface area contributed by atoms with E-state index in [0.29, 0.717) is 11.8 Å². The number of aliphatic carboxylic acids is 1. The van der Waals surface area contributed by atoms with Gasteiger partial charge in [-0.1, -0.05) is 24.3 Å². The molecule has 0 aromatic heterocycles. The van der Waals surface area contributed by atoms with Gasteiger partial charge >= 0.3 is 12.1 Å². The fourth-order valence-corrected chi connectivity index (χ4v) is 2.54. The van der Waals surface area contributed by atoms with Gasteiger partial charge in [0.25, 0.3) is 0 Å². The van der Waals surface area contributed by atoms with Crippen LogP contribution in [0.25, 0.3) is 0 Å². The zero-order valence-electron chi connectivity index (χ0n) is 9.70. The molecule has 1 N–H and O–H groups in total. The van der Waals surface area contributed by atoms with Gasteiger partial charge < -0.3 is 5.11 Å². The molecule has 0 amide bonds.